The Bertz CT molecular complexity index is 403. The zero-order valence-electron chi connectivity index (χ0n) is 11.4. The molecule has 1 saturated carbocycles. The van der Waals surface area contributed by atoms with E-state index in [9.17, 15) is 0 Å². The minimum absolute atomic E-state index is 0.397. The predicted molar refractivity (Wildman–Crippen MR) is 77.1 cm³/mol. The van der Waals surface area contributed by atoms with Crippen LogP contribution in [0, 0.1) is 5.92 Å². The quantitative estimate of drug-likeness (QED) is 0.921. The molecule has 2 N–H and O–H groups in total. The van der Waals surface area contributed by atoms with Gasteiger partial charge in [0.05, 0.1) is 5.25 Å². The van der Waals surface area contributed by atoms with Crippen molar-refractivity contribution in [3.8, 4) is 0 Å². The van der Waals surface area contributed by atoms with Crippen LogP contribution in [0.1, 0.15) is 67.8 Å². The summed E-state index contributed by atoms with van der Waals surface area (Å²) in [7, 11) is 0. The molecule has 0 radical (unpaired) electrons. The maximum atomic E-state index is 5.89. The Kier molecular flexibility index (Phi) is 4.43. The second-order valence-corrected chi connectivity index (χ2v) is 7.04. The first-order valence-corrected chi connectivity index (χ1v) is 8.58. The fourth-order valence-corrected chi connectivity index (χ4v) is 4.52. The van der Waals surface area contributed by atoms with Gasteiger partial charge in [-0.2, -0.15) is 16.7 Å². The van der Waals surface area contributed by atoms with Crippen molar-refractivity contribution in [1.29, 1.82) is 0 Å². The van der Waals surface area contributed by atoms with E-state index in [-0.39, 0.29) is 0 Å². The van der Waals surface area contributed by atoms with Gasteiger partial charge in [0.25, 0.3) is 0 Å². The van der Waals surface area contributed by atoms with E-state index < -0.39 is 0 Å². The first-order chi connectivity index (χ1) is 9.38. The van der Waals surface area contributed by atoms with Crippen molar-refractivity contribution in [1.82, 2.24) is 10.1 Å². The molecule has 3 unspecified atom stereocenters. The molecule has 3 rings (SSSR count). The average Bonchev–Trinajstić information content (AvgIpc) is 2.98. The summed E-state index contributed by atoms with van der Waals surface area (Å²) in [4.78, 5) is 4.70. The van der Waals surface area contributed by atoms with Gasteiger partial charge in [-0.05, 0) is 43.9 Å². The third kappa shape index (κ3) is 2.97. The second kappa shape index (κ2) is 6.27. The highest BCUT2D eigenvalue weighted by molar-refractivity contribution is 7.99. The van der Waals surface area contributed by atoms with Crippen molar-refractivity contribution in [2.75, 3.05) is 12.3 Å². The predicted octanol–water partition coefficient (Wildman–Crippen LogP) is 3.26. The zero-order chi connectivity index (χ0) is 13.1. The van der Waals surface area contributed by atoms with Gasteiger partial charge in [0.2, 0.25) is 5.89 Å². The van der Waals surface area contributed by atoms with Crippen molar-refractivity contribution < 1.29 is 4.52 Å². The molecule has 0 bridgehead atoms. The van der Waals surface area contributed by atoms with Gasteiger partial charge in [-0.25, -0.2) is 0 Å². The van der Waals surface area contributed by atoms with Crippen LogP contribution in [0.25, 0.3) is 0 Å². The van der Waals surface area contributed by atoms with Gasteiger partial charge in [-0.15, -0.1) is 0 Å². The summed E-state index contributed by atoms with van der Waals surface area (Å²) in [5.41, 5.74) is 5.89. The van der Waals surface area contributed by atoms with Crippen molar-refractivity contribution in [3.63, 3.8) is 0 Å². The molecule has 2 heterocycles. The van der Waals surface area contributed by atoms with Gasteiger partial charge in [0, 0.05) is 5.92 Å². The zero-order valence-corrected chi connectivity index (χ0v) is 12.2. The minimum Gasteiger partial charge on any atom is -0.339 e. The molecule has 3 atom stereocenters. The van der Waals surface area contributed by atoms with Crippen molar-refractivity contribution in [3.05, 3.63) is 11.7 Å². The highest BCUT2D eigenvalue weighted by Crippen LogP contribution is 2.40. The first-order valence-electron chi connectivity index (χ1n) is 7.53. The molecule has 1 aliphatic carbocycles. The van der Waals surface area contributed by atoms with Crippen LogP contribution in [0.15, 0.2) is 4.52 Å². The van der Waals surface area contributed by atoms with Gasteiger partial charge in [0.1, 0.15) is 0 Å². The Morgan fingerprint density at radius 3 is 2.79 bits per heavy atom. The summed E-state index contributed by atoms with van der Waals surface area (Å²) >= 11 is 1.97. The third-order valence-corrected chi connectivity index (χ3v) is 5.83. The van der Waals surface area contributed by atoms with Gasteiger partial charge in [-0.1, -0.05) is 24.4 Å². The van der Waals surface area contributed by atoms with E-state index in [0.717, 1.165) is 24.7 Å². The molecular weight excluding hydrogens is 258 g/mol. The van der Waals surface area contributed by atoms with E-state index >= 15 is 0 Å². The number of thioether (sulfide) groups is 1. The normalized spacial score (nSPS) is 32.4. The summed E-state index contributed by atoms with van der Waals surface area (Å²) in [6.45, 7) is 0.737. The summed E-state index contributed by atoms with van der Waals surface area (Å²) in [5.74, 6) is 3.91. The van der Waals surface area contributed by atoms with Crippen LogP contribution >= 0.6 is 11.8 Å². The molecule has 4 nitrogen and oxygen atoms in total. The fourth-order valence-electron chi connectivity index (χ4n) is 3.29. The Hall–Kier alpha value is -0.550. The van der Waals surface area contributed by atoms with E-state index in [2.05, 4.69) is 5.16 Å². The number of nitrogens with zero attached hydrogens (tertiary/aromatic N) is 2. The molecule has 1 aliphatic heterocycles. The van der Waals surface area contributed by atoms with E-state index in [4.69, 9.17) is 15.2 Å². The molecular formula is C14H23N3OS. The van der Waals surface area contributed by atoms with Gasteiger partial charge in [-0.3, -0.25) is 0 Å². The molecule has 1 aromatic heterocycles. The van der Waals surface area contributed by atoms with Crippen LogP contribution in [-0.2, 0) is 0 Å². The fraction of sp³-hybridized carbons (Fsp3) is 0.857. The van der Waals surface area contributed by atoms with Crippen LogP contribution in [0.5, 0.6) is 0 Å². The Labute approximate surface area is 118 Å². The maximum Gasteiger partial charge on any atom is 0.230 e. The topological polar surface area (TPSA) is 64.9 Å². The third-order valence-electron chi connectivity index (χ3n) is 4.45. The Morgan fingerprint density at radius 2 is 2.00 bits per heavy atom. The number of nitrogens with two attached hydrogens (primary N) is 1. The van der Waals surface area contributed by atoms with E-state index in [1.165, 1.54) is 44.3 Å². The molecule has 0 amide bonds. The molecule has 0 spiro atoms. The minimum atomic E-state index is 0.397. The molecule has 2 aliphatic rings. The standard InChI is InChI=1S/C14H23N3OS/c15-9-10-5-1-2-6-11(10)14-16-13(17-18-14)12-7-3-4-8-19-12/h10-12H,1-9,15H2. The number of rotatable bonds is 3. The highest BCUT2D eigenvalue weighted by Gasteiger charge is 2.31. The van der Waals surface area contributed by atoms with Crippen LogP contribution < -0.4 is 5.73 Å². The lowest BCUT2D eigenvalue weighted by atomic mass is 9.79. The largest absolute Gasteiger partial charge is 0.339 e. The molecule has 106 valence electrons. The van der Waals surface area contributed by atoms with E-state index in [1.807, 2.05) is 11.8 Å². The molecule has 1 saturated heterocycles. The molecule has 1 aromatic rings. The SMILES string of the molecule is NCC1CCCCC1c1nc(C2CCCCS2)no1. The van der Waals surface area contributed by atoms with E-state index in [1.54, 1.807) is 0 Å². The maximum absolute atomic E-state index is 5.89. The lowest BCUT2D eigenvalue weighted by Crippen LogP contribution is -2.25. The lowest BCUT2D eigenvalue weighted by molar-refractivity contribution is 0.249. The highest BCUT2D eigenvalue weighted by atomic mass is 32.2. The smallest absolute Gasteiger partial charge is 0.230 e. The molecule has 0 aromatic carbocycles. The number of aromatic nitrogens is 2. The lowest BCUT2D eigenvalue weighted by Gasteiger charge is -2.27. The summed E-state index contributed by atoms with van der Waals surface area (Å²) < 4.78 is 5.56. The van der Waals surface area contributed by atoms with Crippen LogP contribution in [-0.4, -0.2) is 22.4 Å². The molecule has 19 heavy (non-hydrogen) atoms. The van der Waals surface area contributed by atoms with Gasteiger partial charge in [0.15, 0.2) is 5.82 Å². The van der Waals surface area contributed by atoms with Gasteiger partial charge < -0.3 is 10.3 Å². The average molecular weight is 281 g/mol. The summed E-state index contributed by atoms with van der Waals surface area (Å²) in [5, 5.41) is 4.69. The number of hydrogen-bond acceptors (Lipinski definition) is 5. The van der Waals surface area contributed by atoms with Crippen LogP contribution in [0.2, 0.25) is 0 Å². The van der Waals surface area contributed by atoms with Crippen LogP contribution in [0.4, 0.5) is 0 Å². The second-order valence-electron chi connectivity index (χ2n) is 5.73. The van der Waals surface area contributed by atoms with Gasteiger partial charge >= 0.3 is 0 Å². The Morgan fingerprint density at radius 1 is 1.16 bits per heavy atom. The van der Waals surface area contributed by atoms with Crippen LogP contribution in [0.3, 0.4) is 0 Å². The Balaban J connectivity index is 1.72. The summed E-state index contributed by atoms with van der Waals surface area (Å²) in [6.07, 6.45) is 8.71. The summed E-state index contributed by atoms with van der Waals surface area (Å²) in [6, 6.07) is 0. The number of hydrogen-bond donors (Lipinski definition) is 1. The van der Waals surface area contributed by atoms with E-state index in [0.29, 0.717) is 17.1 Å². The first kappa shape index (κ1) is 13.4. The molecule has 5 heteroatoms. The molecule has 2 fully saturated rings. The monoisotopic (exact) mass is 281 g/mol. The van der Waals surface area contributed by atoms with Crippen molar-refractivity contribution in [2.45, 2.75) is 56.1 Å². The van der Waals surface area contributed by atoms with Crippen molar-refractivity contribution >= 4 is 11.8 Å². The van der Waals surface area contributed by atoms with Crippen molar-refractivity contribution in [2.24, 2.45) is 11.7 Å².